The smallest absolute Gasteiger partial charge is 0.130 e. The highest BCUT2D eigenvalue weighted by atomic mass is 15.4. The lowest BCUT2D eigenvalue weighted by Gasteiger charge is -2.46. The van der Waals surface area contributed by atoms with Crippen molar-refractivity contribution in [3.8, 4) is 0 Å². The van der Waals surface area contributed by atoms with Crippen molar-refractivity contribution in [1.29, 1.82) is 0 Å². The van der Waals surface area contributed by atoms with Gasteiger partial charge in [-0.3, -0.25) is 14.9 Å². The van der Waals surface area contributed by atoms with Crippen molar-refractivity contribution < 1.29 is 0 Å². The van der Waals surface area contributed by atoms with Gasteiger partial charge in [0, 0.05) is 44.5 Å². The van der Waals surface area contributed by atoms with E-state index < -0.39 is 0 Å². The van der Waals surface area contributed by atoms with E-state index >= 15 is 0 Å². The quantitative estimate of drug-likeness (QED) is 0.765. The second kappa shape index (κ2) is 8.24. The van der Waals surface area contributed by atoms with Crippen LogP contribution in [0.15, 0.2) is 47.4 Å². The molecule has 1 unspecified atom stereocenters. The molecular weight excluding hydrogens is 408 g/mol. The molecule has 6 nitrogen and oxygen atoms in total. The number of nitrogens with one attached hydrogen (secondary N) is 1. The Morgan fingerprint density at radius 2 is 1.91 bits per heavy atom. The van der Waals surface area contributed by atoms with Gasteiger partial charge in [-0.25, -0.2) is 0 Å². The van der Waals surface area contributed by atoms with Gasteiger partial charge in [0.1, 0.15) is 11.7 Å². The van der Waals surface area contributed by atoms with E-state index in [1.807, 2.05) is 12.3 Å². The van der Waals surface area contributed by atoms with Crippen LogP contribution in [-0.4, -0.2) is 75.4 Å². The van der Waals surface area contributed by atoms with Gasteiger partial charge in [0.25, 0.3) is 0 Å². The van der Waals surface area contributed by atoms with Crippen LogP contribution in [0.5, 0.6) is 0 Å². The molecule has 4 atom stereocenters. The third-order valence-electron chi connectivity index (χ3n) is 8.75. The lowest BCUT2D eigenvalue weighted by molar-refractivity contribution is 0.113. The Kier molecular flexibility index (Phi) is 5.33. The minimum atomic E-state index is -0.166. The van der Waals surface area contributed by atoms with Crippen LogP contribution in [0.4, 0.5) is 0 Å². The summed E-state index contributed by atoms with van der Waals surface area (Å²) in [5, 5.41) is 3.99. The molecular formula is C27H38N6. The molecule has 1 aromatic rings. The van der Waals surface area contributed by atoms with E-state index in [9.17, 15) is 0 Å². The molecule has 1 saturated carbocycles. The zero-order valence-corrected chi connectivity index (χ0v) is 20.4. The lowest BCUT2D eigenvalue weighted by atomic mass is 9.79. The number of aromatic nitrogens is 1. The molecule has 6 heteroatoms. The number of aliphatic imine (C=N–C) groups is 1. The number of piperazine rings is 1. The van der Waals surface area contributed by atoms with Crippen molar-refractivity contribution in [2.75, 3.05) is 26.2 Å². The van der Waals surface area contributed by atoms with Crippen molar-refractivity contribution >= 4 is 5.84 Å². The number of aryl methyl sites for hydroxylation is 1. The third kappa shape index (κ3) is 3.71. The van der Waals surface area contributed by atoms with Crippen LogP contribution < -0.4 is 5.32 Å². The molecule has 0 radical (unpaired) electrons. The van der Waals surface area contributed by atoms with Crippen molar-refractivity contribution in [1.82, 2.24) is 25.0 Å². The fourth-order valence-corrected chi connectivity index (χ4v) is 6.45. The summed E-state index contributed by atoms with van der Waals surface area (Å²) in [6.45, 7) is 11.5. The molecule has 1 N–H and O–H groups in total. The van der Waals surface area contributed by atoms with E-state index in [1.54, 1.807) is 0 Å². The Labute approximate surface area is 198 Å². The second-order valence-electron chi connectivity index (χ2n) is 10.8. The van der Waals surface area contributed by atoms with E-state index in [-0.39, 0.29) is 5.54 Å². The fraction of sp³-hybridized carbons (Fsp3) is 0.630. The summed E-state index contributed by atoms with van der Waals surface area (Å²) in [7, 11) is 0. The summed E-state index contributed by atoms with van der Waals surface area (Å²) in [6.07, 6.45) is 15.0. The summed E-state index contributed by atoms with van der Waals surface area (Å²) < 4.78 is 0. The number of hydrogen-bond acceptors (Lipinski definition) is 6. The van der Waals surface area contributed by atoms with Crippen LogP contribution in [0.25, 0.3) is 0 Å². The monoisotopic (exact) mass is 446 g/mol. The fourth-order valence-electron chi connectivity index (χ4n) is 6.45. The molecule has 5 aliphatic rings. The topological polar surface area (TPSA) is 47.0 Å². The Morgan fingerprint density at radius 3 is 2.67 bits per heavy atom. The zero-order valence-electron chi connectivity index (χ0n) is 20.4. The first-order chi connectivity index (χ1) is 16.0. The van der Waals surface area contributed by atoms with Crippen molar-refractivity contribution in [3.05, 3.63) is 53.6 Å². The Hall–Kier alpha value is -2.18. The lowest BCUT2D eigenvalue weighted by Crippen LogP contribution is -2.58. The second-order valence-corrected chi connectivity index (χ2v) is 10.8. The Balaban J connectivity index is 1.21. The van der Waals surface area contributed by atoms with Crippen LogP contribution in [0, 0.1) is 6.92 Å². The summed E-state index contributed by atoms with van der Waals surface area (Å²) in [5.74, 6) is 2.47. The number of hydrogen-bond donors (Lipinski definition) is 1. The number of fused-ring (bicyclic) bond motifs is 1. The van der Waals surface area contributed by atoms with Gasteiger partial charge in [0.2, 0.25) is 0 Å². The van der Waals surface area contributed by atoms with Gasteiger partial charge < -0.3 is 15.1 Å². The van der Waals surface area contributed by atoms with Gasteiger partial charge in [-0.05, 0) is 76.7 Å². The highest BCUT2D eigenvalue weighted by Crippen LogP contribution is 2.41. The van der Waals surface area contributed by atoms with Gasteiger partial charge in [-0.2, -0.15) is 0 Å². The van der Waals surface area contributed by atoms with E-state index in [4.69, 9.17) is 9.98 Å². The first kappa shape index (κ1) is 21.4. The highest BCUT2D eigenvalue weighted by Gasteiger charge is 2.50. The summed E-state index contributed by atoms with van der Waals surface area (Å²) in [5.41, 5.74) is 2.32. The maximum absolute atomic E-state index is 5.39. The maximum atomic E-state index is 5.39. The molecule has 176 valence electrons. The Morgan fingerprint density at radius 1 is 1.09 bits per heavy atom. The van der Waals surface area contributed by atoms with Crippen LogP contribution >= 0.6 is 0 Å². The number of allylic oxidation sites excluding steroid dienone is 2. The van der Waals surface area contributed by atoms with Crippen LogP contribution in [-0.2, 0) is 0 Å². The van der Waals surface area contributed by atoms with E-state index in [0.717, 1.165) is 37.8 Å². The maximum Gasteiger partial charge on any atom is 0.130 e. The van der Waals surface area contributed by atoms with Crippen LogP contribution in [0.3, 0.4) is 0 Å². The van der Waals surface area contributed by atoms with Crippen molar-refractivity contribution in [2.24, 2.45) is 4.99 Å². The molecule has 4 aliphatic heterocycles. The average Bonchev–Trinajstić information content (AvgIpc) is 3.66. The predicted molar refractivity (Wildman–Crippen MR) is 133 cm³/mol. The molecule has 1 aromatic heterocycles. The van der Waals surface area contributed by atoms with E-state index in [1.165, 1.54) is 49.4 Å². The normalized spacial score (nSPS) is 34.8. The molecule has 3 fully saturated rings. The minimum absolute atomic E-state index is 0.166. The van der Waals surface area contributed by atoms with Crippen molar-refractivity contribution in [3.63, 3.8) is 0 Å². The molecule has 0 bridgehead atoms. The van der Waals surface area contributed by atoms with Crippen LogP contribution in [0.2, 0.25) is 0 Å². The van der Waals surface area contributed by atoms with Crippen LogP contribution in [0.1, 0.15) is 63.3 Å². The number of rotatable bonds is 4. The van der Waals surface area contributed by atoms with Gasteiger partial charge in [-0.1, -0.05) is 12.1 Å². The molecule has 1 aliphatic carbocycles. The van der Waals surface area contributed by atoms with E-state index in [0.29, 0.717) is 18.1 Å². The van der Waals surface area contributed by atoms with Gasteiger partial charge in [-0.15, -0.1) is 0 Å². The molecule has 5 heterocycles. The first-order valence-corrected chi connectivity index (χ1v) is 13.0. The number of amidine groups is 1. The highest BCUT2D eigenvalue weighted by molar-refractivity contribution is 5.97. The molecule has 0 aromatic carbocycles. The first-order valence-electron chi connectivity index (χ1n) is 13.0. The van der Waals surface area contributed by atoms with E-state index in [2.05, 4.69) is 65.1 Å². The summed E-state index contributed by atoms with van der Waals surface area (Å²) in [6, 6.07) is 6.05. The largest absolute Gasteiger partial charge is 0.355 e. The number of nitrogens with zero attached hydrogens (tertiary/aromatic N) is 5. The summed E-state index contributed by atoms with van der Waals surface area (Å²) in [4.78, 5) is 17.9. The summed E-state index contributed by atoms with van der Waals surface area (Å²) >= 11 is 0. The molecule has 0 amide bonds. The standard InChI is InChI=1S/C27H38N6/c1-19-7-6-14-28-26(19)22-8-4-9-23(29-22)27(3)20(2)33-24(30-27)10-5-11-25(33)32-17-15-31(16-18-32)21-12-13-21/h5-7,10-11,14,20-23,29H,4,8-9,12-13,15-18H2,1-3H3/t20?,22-,23+,27+/m0/s1. The molecule has 2 saturated heterocycles. The van der Waals surface area contributed by atoms with Gasteiger partial charge >= 0.3 is 0 Å². The predicted octanol–water partition coefficient (Wildman–Crippen LogP) is 3.63. The third-order valence-corrected chi connectivity index (χ3v) is 8.75. The Bertz CT molecular complexity index is 986. The SMILES string of the molecule is Cc1cccnc1[C@@H]1CCC[C@H]([C@]2(C)N=C3C=CC=C(N4CCN(C5CC5)CC4)N3C2C)N1. The molecule has 6 rings (SSSR count). The van der Waals surface area contributed by atoms with Gasteiger partial charge in [0.15, 0.2) is 0 Å². The zero-order chi connectivity index (χ0) is 22.6. The van der Waals surface area contributed by atoms with Crippen molar-refractivity contribution in [2.45, 2.75) is 82.6 Å². The molecule has 33 heavy (non-hydrogen) atoms. The van der Waals surface area contributed by atoms with Gasteiger partial charge in [0.05, 0.1) is 23.3 Å². The number of piperidine rings is 1. The molecule has 0 spiro atoms. The number of pyridine rings is 1. The minimum Gasteiger partial charge on any atom is -0.355 e. The average molecular weight is 447 g/mol.